The predicted octanol–water partition coefficient (Wildman–Crippen LogP) is 3.03. The van der Waals surface area contributed by atoms with Crippen LogP contribution in [0.4, 0.5) is 0 Å². The monoisotopic (exact) mass is 230 g/mol. The van der Waals surface area contributed by atoms with Gasteiger partial charge in [0.25, 0.3) is 0 Å². The Labute approximate surface area is 95.2 Å². The molecule has 1 fully saturated rings. The number of aliphatic hydroxyl groups excluding tert-OH is 1. The maximum Gasteiger partial charge on any atom is 0.186 e. The smallest absolute Gasteiger partial charge is 0.186 e. The lowest BCUT2D eigenvalue weighted by Gasteiger charge is -2.32. The SMILES string of the molecule is CO[Si](C)(C)CCC1CCC(O)C(C)C1. The topological polar surface area (TPSA) is 29.5 Å². The van der Waals surface area contributed by atoms with Gasteiger partial charge in [-0.15, -0.1) is 0 Å². The molecule has 1 rings (SSSR count). The van der Waals surface area contributed by atoms with Crippen molar-refractivity contribution < 1.29 is 9.53 Å². The lowest BCUT2D eigenvalue weighted by Crippen LogP contribution is -2.31. The second-order valence-electron chi connectivity index (χ2n) is 5.73. The van der Waals surface area contributed by atoms with Gasteiger partial charge in [-0.2, -0.15) is 0 Å². The summed E-state index contributed by atoms with van der Waals surface area (Å²) in [7, 11) is 0.484. The summed E-state index contributed by atoms with van der Waals surface area (Å²) in [6, 6.07) is 1.26. The molecule has 0 saturated heterocycles. The normalized spacial score (nSPS) is 33.0. The van der Waals surface area contributed by atoms with Gasteiger partial charge >= 0.3 is 0 Å². The fourth-order valence-corrected chi connectivity index (χ4v) is 3.72. The molecule has 3 atom stereocenters. The summed E-state index contributed by atoms with van der Waals surface area (Å²) in [5, 5.41) is 9.65. The van der Waals surface area contributed by atoms with E-state index in [0.717, 1.165) is 12.3 Å². The molecule has 0 bridgehead atoms. The van der Waals surface area contributed by atoms with Gasteiger partial charge in [0, 0.05) is 7.11 Å². The Morgan fingerprint density at radius 1 is 1.33 bits per heavy atom. The minimum atomic E-state index is -1.36. The molecule has 90 valence electrons. The van der Waals surface area contributed by atoms with Crippen LogP contribution < -0.4 is 0 Å². The third-order valence-electron chi connectivity index (χ3n) is 3.94. The molecule has 15 heavy (non-hydrogen) atoms. The van der Waals surface area contributed by atoms with E-state index >= 15 is 0 Å². The molecule has 3 unspecified atom stereocenters. The maximum atomic E-state index is 9.65. The third kappa shape index (κ3) is 4.25. The molecule has 1 saturated carbocycles. The van der Waals surface area contributed by atoms with Crippen LogP contribution in [0.5, 0.6) is 0 Å². The van der Waals surface area contributed by atoms with Crippen LogP contribution in [0, 0.1) is 11.8 Å². The molecule has 0 amide bonds. The van der Waals surface area contributed by atoms with Crippen molar-refractivity contribution in [3.8, 4) is 0 Å². The largest absolute Gasteiger partial charge is 0.420 e. The molecule has 2 nitrogen and oxygen atoms in total. The zero-order chi connectivity index (χ0) is 11.5. The van der Waals surface area contributed by atoms with Gasteiger partial charge in [0.15, 0.2) is 8.32 Å². The minimum absolute atomic E-state index is 0.0473. The maximum absolute atomic E-state index is 9.65. The molecule has 1 aliphatic carbocycles. The van der Waals surface area contributed by atoms with Crippen molar-refractivity contribution in [1.29, 1.82) is 0 Å². The Hall–Kier alpha value is 0.137. The van der Waals surface area contributed by atoms with E-state index < -0.39 is 8.32 Å². The molecule has 0 spiro atoms. The molecule has 0 aromatic carbocycles. The number of aliphatic hydroxyl groups is 1. The van der Waals surface area contributed by atoms with Gasteiger partial charge < -0.3 is 9.53 Å². The Kier molecular flexibility index (Phi) is 4.81. The third-order valence-corrected chi connectivity index (χ3v) is 6.54. The van der Waals surface area contributed by atoms with Crippen LogP contribution in [-0.4, -0.2) is 26.6 Å². The Bertz CT molecular complexity index is 194. The number of hydrogen-bond donors (Lipinski definition) is 1. The zero-order valence-corrected chi connectivity index (χ0v) is 11.6. The van der Waals surface area contributed by atoms with E-state index in [0.29, 0.717) is 5.92 Å². The number of rotatable bonds is 4. The van der Waals surface area contributed by atoms with Crippen molar-refractivity contribution in [2.75, 3.05) is 7.11 Å². The summed E-state index contributed by atoms with van der Waals surface area (Å²) in [5.41, 5.74) is 0. The van der Waals surface area contributed by atoms with Crippen LogP contribution >= 0.6 is 0 Å². The van der Waals surface area contributed by atoms with Crippen molar-refractivity contribution in [1.82, 2.24) is 0 Å². The first kappa shape index (κ1) is 13.2. The van der Waals surface area contributed by atoms with Crippen molar-refractivity contribution >= 4 is 8.32 Å². The zero-order valence-electron chi connectivity index (χ0n) is 10.6. The van der Waals surface area contributed by atoms with Gasteiger partial charge in [0.1, 0.15) is 0 Å². The second-order valence-corrected chi connectivity index (χ2v) is 10.2. The molecule has 0 radical (unpaired) electrons. The van der Waals surface area contributed by atoms with Gasteiger partial charge in [-0.3, -0.25) is 0 Å². The molecule has 0 aliphatic heterocycles. The first-order valence-electron chi connectivity index (χ1n) is 6.18. The van der Waals surface area contributed by atoms with E-state index in [2.05, 4.69) is 20.0 Å². The highest BCUT2D eigenvalue weighted by molar-refractivity contribution is 6.71. The highest BCUT2D eigenvalue weighted by atomic mass is 28.4. The van der Waals surface area contributed by atoms with E-state index in [1.54, 1.807) is 0 Å². The molecule has 0 aromatic rings. The molecule has 1 N–H and O–H groups in total. The summed E-state index contributed by atoms with van der Waals surface area (Å²) in [5.74, 6) is 1.32. The van der Waals surface area contributed by atoms with E-state index in [9.17, 15) is 5.11 Å². The van der Waals surface area contributed by atoms with Gasteiger partial charge in [-0.05, 0) is 50.2 Å². The van der Waals surface area contributed by atoms with Crippen LogP contribution in [0.15, 0.2) is 0 Å². The molecule has 3 heteroatoms. The summed E-state index contributed by atoms with van der Waals surface area (Å²) in [4.78, 5) is 0. The lowest BCUT2D eigenvalue weighted by molar-refractivity contribution is 0.0562. The summed E-state index contributed by atoms with van der Waals surface area (Å²) >= 11 is 0. The van der Waals surface area contributed by atoms with Crippen LogP contribution in [0.3, 0.4) is 0 Å². The van der Waals surface area contributed by atoms with Gasteiger partial charge in [0.05, 0.1) is 6.10 Å². The average molecular weight is 230 g/mol. The predicted molar refractivity (Wildman–Crippen MR) is 66.4 cm³/mol. The summed E-state index contributed by atoms with van der Waals surface area (Å²) in [6.07, 6.45) is 4.66. The van der Waals surface area contributed by atoms with Crippen LogP contribution in [0.2, 0.25) is 19.1 Å². The Morgan fingerprint density at radius 2 is 2.00 bits per heavy atom. The molecule has 0 aromatic heterocycles. The van der Waals surface area contributed by atoms with Crippen molar-refractivity contribution in [3.63, 3.8) is 0 Å². The molecule has 0 heterocycles. The molecular weight excluding hydrogens is 204 g/mol. The van der Waals surface area contributed by atoms with Crippen LogP contribution in [-0.2, 0) is 4.43 Å². The van der Waals surface area contributed by atoms with Crippen molar-refractivity contribution in [2.45, 2.75) is 57.8 Å². The van der Waals surface area contributed by atoms with Gasteiger partial charge in [0.2, 0.25) is 0 Å². The summed E-state index contributed by atoms with van der Waals surface area (Å²) in [6.45, 7) is 6.75. The van der Waals surface area contributed by atoms with Crippen molar-refractivity contribution in [2.24, 2.45) is 11.8 Å². The van der Waals surface area contributed by atoms with Gasteiger partial charge in [-0.1, -0.05) is 13.3 Å². The summed E-state index contributed by atoms with van der Waals surface area (Å²) < 4.78 is 5.57. The standard InChI is InChI=1S/C12H26O2Si/c1-10-9-11(5-6-12(10)13)7-8-15(3,4)14-2/h10-13H,5-9H2,1-4H3. The average Bonchev–Trinajstić information content (AvgIpc) is 2.20. The Morgan fingerprint density at radius 3 is 2.53 bits per heavy atom. The minimum Gasteiger partial charge on any atom is -0.420 e. The van der Waals surface area contributed by atoms with Gasteiger partial charge in [-0.25, -0.2) is 0 Å². The first-order chi connectivity index (χ1) is 6.94. The van der Waals surface area contributed by atoms with E-state index in [1.807, 2.05) is 7.11 Å². The molecular formula is C12H26O2Si. The highest BCUT2D eigenvalue weighted by Crippen LogP contribution is 2.33. The highest BCUT2D eigenvalue weighted by Gasteiger charge is 2.28. The number of hydrogen-bond acceptors (Lipinski definition) is 2. The van der Waals surface area contributed by atoms with Crippen LogP contribution in [0.1, 0.15) is 32.6 Å². The second kappa shape index (κ2) is 5.46. The van der Waals surface area contributed by atoms with E-state index in [4.69, 9.17) is 4.43 Å². The quantitative estimate of drug-likeness (QED) is 0.752. The Balaban J connectivity index is 2.28. The van der Waals surface area contributed by atoms with E-state index in [1.165, 1.54) is 25.3 Å². The first-order valence-corrected chi connectivity index (χ1v) is 9.29. The van der Waals surface area contributed by atoms with E-state index in [-0.39, 0.29) is 6.10 Å². The van der Waals surface area contributed by atoms with Crippen molar-refractivity contribution in [3.05, 3.63) is 0 Å². The fourth-order valence-electron chi connectivity index (χ4n) is 2.41. The van der Waals surface area contributed by atoms with Crippen LogP contribution in [0.25, 0.3) is 0 Å². The fraction of sp³-hybridized carbons (Fsp3) is 1.00. The molecule has 1 aliphatic rings. The lowest BCUT2D eigenvalue weighted by atomic mass is 9.79.